The maximum Gasteiger partial charge on any atom is 0.0131 e. The summed E-state index contributed by atoms with van der Waals surface area (Å²) < 4.78 is 0. The second-order valence-electron chi connectivity index (χ2n) is 7.09. The second-order valence-corrected chi connectivity index (χ2v) is 7.09. The van der Waals surface area contributed by atoms with Crippen molar-refractivity contribution in [2.45, 2.75) is 45.6 Å². The van der Waals surface area contributed by atoms with Gasteiger partial charge in [-0.1, -0.05) is 20.3 Å². The zero-order valence-electron chi connectivity index (χ0n) is 13.1. The molecular formula is C15H33N3. The molecule has 2 atom stereocenters. The molecule has 108 valence electrons. The van der Waals surface area contributed by atoms with E-state index in [-0.39, 0.29) is 0 Å². The largest absolute Gasteiger partial charge is 0.327 e. The molecule has 0 bridgehead atoms. The summed E-state index contributed by atoms with van der Waals surface area (Å²) in [7, 11) is 6.52. The van der Waals surface area contributed by atoms with E-state index in [1.54, 1.807) is 0 Å². The van der Waals surface area contributed by atoms with Crippen molar-refractivity contribution in [3.63, 3.8) is 0 Å². The summed E-state index contributed by atoms with van der Waals surface area (Å²) in [5, 5.41) is 0. The maximum absolute atomic E-state index is 6.45. The Morgan fingerprint density at radius 2 is 1.83 bits per heavy atom. The molecule has 0 heterocycles. The van der Waals surface area contributed by atoms with Crippen LogP contribution in [0.5, 0.6) is 0 Å². The van der Waals surface area contributed by atoms with Crippen molar-refractivity contribution >= 4 is 0 Å². The molecule has 3 heteroatoms. The molecule has 2 N–H and O–H groups in total. The maximum atomic E-state index is 6.45. The van der Waals surface area contributed by atoms with Crippen LogP contribution in [0.15, 0.2) is 0 Å². The number of rotatable bonds is 6. The highest BCUT2D eigenvalue weighted by molar-refractivity contribution is 4.92. The van der Waals surface area contributed by atoms with Crippen LogP contribution in [0.1, 0.15) is 39.5 Å². The lowest BCUT2D eigenvalue weighted by Gasteiger charge is -2.43. The van der Waals surface area contributed by atoms with Gasteiger partial charge in [0.25, 0.3) is 0 Å². The molecule has 0 radical (unpaired) electrons. The summed E-state index contributed by atoms with van der Waals surface area (Å²) >= 11 is 0. The molecule has 3 nitrogen and oxygen atoms in total. The van der Waals surface area contributed by atoms with Gasteiger partial charge >= 0.3 is 0 Å². The molecule has 0 amide bonds. The van der Waals surface area contributed by atoms with Crippen LogP contribution in [-0.2, 0) is 0 Å². The van der Waals surface area contributed by atoms with Gasteiger partial charge in [-0.2, -0.15) is 0 Å². The Labute approximate surface area is 114 Å². The summed E-state index contributed by atoms with van der Waals surface area (Å²) in [6.45, 7) is 8.18. The molecule has 1 aliphatic carbocycles. The fourth-order valence-electron chi connectivity index (χ4n) is 3.16. The summed E-state index contributed by atoms with van der Waals surface area (Å²) in [5.41, 5.74) is 6.77. The molecular weight excluding hydrogens is 222 g/mol. The van der Waals surface area contributed by atoms with E-state index in [0.29, 0.717) is 17.4 Å². The van der Waals surface area contributed by atoms with Crippen LogP contribution < -0.4 is 5.73 Å². The van der Waals surface area contributed by atoms with Crippen molar-refractivity contribution in [3.8, 4) is 0 Å². The predicted octanol–water partition coefficient (Wildman–Crippen LogP) is 2.02. The quantitative estimate of drug-likeness (QED) is 0.788. The minimum absolute atomic E-state index is 0.327. The Morgan fingerprint density at radius 1 is 1.17 bits per heavy atom. The summed E-state index contributed by atoms with van der Waals surface area (Å²) in [5.74, 6) is 0.679. The zero-order chi connectivity index (χ0) is 13.8. The predicted molar refractivity (Wildman–Crippen MR) is 79.8 cm³/mol. The molecule has 1 fully saturated rings. The number of nitrogens with two attached hydrogens (primary N) is 1. The topological polar surface area (TPSA) is 32.5 Å². The fourth-order valence-corrected chi connectivity index (χ4v) is 3.16. The fraction of sp³-hybridized carbons (Fsp3) is 1.00. The molecule has 0 aliphatic heterocycles. The molecule has 18 heavy (non-hydrogen) atoms. The van der Waals surface area contributed by atoms with Gasteiger partial charge in [-0.15, -0.1) is 0 Å². The number of hydrogen-bond acceptors (Lipinski definition) is 3. The third kappa shape index (κ3) is 4.87. The summed E-state index contributed by atoms with van der Waals surface area (Å²) in [4.78, 5) is 4.72. The molecule has 0 aromatic rings. The molecule has 0 aromatic carbocycles. The molecule has 2 unspecified atom stereocenters. The van der Waals surface area contributed by atoms with Gasteiger partial charge in [0.1, 0.15) is 0 Å². The lowest BCUT2D eigenvalue weighted by Crippen LogP contribution is -2.49. The smallest absolute Gasteiger partial charge is 0.0131 e. The monoisotopic (exact) mass is 255 g/mol. The van der Waals surface area contributed by atoms with E-state index < -0.39 is 0 Å². The van der Waals surface area contributed by atoms with Crippen LogP contribution in [0, 0.1) is 11.3 Å². The van der Waals surface area contributed by atoms with Gasteiger partial charge in [0.2, 0.25) is 0 Å². The van der Waals surface area contributed by atoms with Crippen LogP contribution in [0.4, 0.5) is 0 Å². The Morgan fingerprint density at radius 3 is 2.44 bits per heavy atom. The van der Waals surface area contributed by atoms with E-state index in [2.05, 4.69) is 44.8 Å². The van der Waals surface area contributed by atoms with E-state index in [1.807, 2.05) is 0 Å². The van der Waals surface area contributed by atoms with Gasteiger partial charge in [0.05, 0.1) is 0 Å². The van der Waals surface area contributed by atoms with Crippen molar-refractivity contribution < 1.29 is 0 Å². The first-order valence-corrected chi connectivity index (χ1v) is 7.42. The zero-order valence-corrected chi connectivity index (χ0v) is 13.1. The standard InChI is InChI=1S/C15H33N3/c1-15(2)9-6-8-13(14(15)16)12-18(5)11-7-10-17(3)4/h13-14H,6-12,16H2,1-5H3. The molecule has 0 saturated heterocycles. The Bertz CT molecular complexity index is 238. The average molecular weight is 255 g/mol. The summed E-state index contributed by atoms with van der Waals surface area (Å²) in [6.07, 6.45) is 5.18. The lowest BCUT2D eigenvalue weighted by molar-refractivity contribution is 0.110. The molecule has 1 saturated carbocycles. The first-order valence-electron chi connectivity index (χ1n) is 7.42. The van der Waals surface area contributed by atoms with Crippen LogP contribution in [0.2, 0.25) is 0 Å². The molecule has 1 rings (SSSR count). The SMILES string of the molecule is CN(C)CCCN(C)CC1CCCC(C)(C)C1N. The third-order valence-corrected chi connectivity index (χ3v) is 4.50. The highest BCUT2D eigenvalue weighted by atomic mass is 15.1. The molecule has 1 aliphatic rings. The van der Waals surface area contributed by atoms with Crippen molar-refractivity contribution in [3.05, 3.63) is 0 Å². The minimum Gasteiger partial charge on any atom is -0.327 e. The van der Waals surface area contributed by atoms with E-state index in [9.17, 15) is 0 Å². The second kappa shape index (κ2) is 6.88. The van der Waals surface area contributed by atoms with Crippen LogP contribution in [0.3, 0.4) is 0 Å². The van der Waals surface area contributed by atoms with Gasteiger partial charge in [-0.25, -0.2) is 0 Å². The lowest BCUT2D eigenvalue weighted by atomic mass is 9.68. The van der Waals surface area contributed by atoms with Crippen molar-refractivity contribution in [1.29, 1.82) is 0 Å². The Kier molecular flexibility index (Phi) is 6.09. The number of hydrogen-bond donors (Lipinski definition) is 1. The Hall–Kier alpha value is -0.120. The van der Waals surface area contributed by atoms with E-state index in [4.69, 9.17) is 5.73 Å². The van der Waals surface area contributed by atoms with Crippen LogP contribution >= 0.6 is 0 Å². The van der Waals surface area contributed by atoms with Gasteiger partial charge in [0, 0.05) is 12.6 Å². The van der Waals surface area contributed by atoms with Crippen molar-refractivity contribution in [1.82, 2.24) is 9.80 Å². The van der Waals surface area contributed by atoms with Gasteiger partial charge < -0.3 is 15.5 Å². The van der Waals surface area contributed by atoms with E-state index >= 15 is 0 Å². The minimum atomic E-state index is 0.327. The molecule has 0 aromatic heterocycles. The van der Waals surface area contributed by atoms with Crippen LogP contribution in [-0.4, -0.2) is 56.6 Å². The van der Waals surface area contributed by atoms with Gasteiger partial charge in [-0.3, -0.25) is 0 Å². The van der Waals surface area contributed by atoms with Crippen molar-refractivity contribution in [2.75, 3.05) is 40.8 Å². The van der Waals surface area contributed by atoms with E-state index in [0.717, 1.165) is 6.54 Å². The average Bonchev–Trinajstić information content (AvgIpc) is 2.24. The number of nitrogens with zero attached hydrogens (tertiary/aromatic N) is 2. The summed E-state index contributed by atoms with van der Waals surface area (Å²) in [6, 6.07) is 0.363. The Balaban J connectivity index is 2.32. The van der Waals surface area contributed by atoms with Crippen molar-refractivity contribution in [2.24, 2.45) is 17.1 Å². The van der Waals surface area contributed by atoms with Crippen LogP contribution in [0.25, 0.3) is 0 Å². The highest BCUT2D eigenvalue weighted by Crippen LogP contribution is 2.37. The van der Waals surface area contributed by atoms with Gasteiger partial charge in [0.15, 0.2) is 0 Å². The highest BCUT2D eigenvalue weighted by Gasteiger charge is 2.36. The first-order chi connectivity index (χ1) is 8.33. The van der Waals surface area contributed by atoms with Gasteiger partial charge in [-0.05, 0) is 64.8 Å². The normalized spacial score (nSPS) is 28.0. The first kappa shape index (κ1) is 15.9. The third-order valence-electron chi connectivity index (χ3n) is 4.50. The van der Waals surface area contributed by atoms with E-state index in [1.165, 1.54) is 38.8 Å². The molecule has 0 spiro atoms.